The van der Waals surface area contributed by atoms with E-state index in [1.807, 2.05) is 28.8 Å². The molecule has 1 heterocycles. The quantitative estimate of drug-likeness (QED) is 0.892. The van der Waals surface area contributed by atoms with Crippen LogP contribution in [0.15, 0.2) is 24.3 Å². The SMILES string of the molecule is CSCCN1CCN(C(=O)Cc2ccccc2O)CC1. The Labute approximate surface area is 124 Å². The molecule has 0 aromatic heterocycles. The molecule has 0 atom stereocenters. The van der Waals surface area contributed by atoms with Crippen molar-refractivity contribution in [3.8, 4) is 5.75 Å². The normalized spacial score (nSPS) is 16.4. The van der Waals surface area contributed by atoms with Crippen molar-refractivity contribution in [1.29, 1.82) is 0 Å². The molecule has 0 spiro atoms. The van der Waals surface area contributed by atoms with E-state index in [9.17, 15) is 9.90 Å². The van der Waals surface area contributed by atoms with Crippen LogP contribution < -0.4 is 0 Å². The molecule has 1 aliphatic heterocycles. The Morgan fingerprint density at radius 1 is 1.25 bits per heavy atom. The van der Waals surface area contributed by atoms with Gasteiger partial charge in [-0.1, -0.05) is 18.2 Å². The lowest BCUT2D eigenvalue weighted by Crippen LogP contribution is -2.49. The van der Waals surface area contributed by atoms with Gasteiger partial charge in [-0.05, 0) is 12.3 Å². The van der Waals surface area contributed by atoms with E-state index in [1.165, 1.54) is 0 Å². The Balaban J connectivity index is 1.82. The fourth-order valence-electron chi connectivity index (χ4n) is 2.38. The van der Waals surface area contributed by atoms with Gasteiger partial charge in [0.05, 0.1) is 6.42 Å². The summed E-state index contributed by atoms with van der Waals surface area (Å²) >= 11 is 1.86. The predicted molar refractivity (Wildman–Crippen MR) is 83.2 cm³/mol. The summed E-state index contributed by atoms with van der Waals surface area (Å²) in [4.78, 5) is 16.5. The molecule has 0 aliphatic carbocycles. The lowest BCUT2D eigenvalue weighted by Gasteiger charge is -2.34. The first-order valence-electron chi connectivity index (χ1n) is 6.96. The standard InChI is InChI=1S/C15H22N2O2S/c1-20-11-10-16-6-8-17(9-7-16)15(19)12-13-4-2-3-5-14(13)18/h2-5,18H,6-12H2,1H3. The fraction of sp³-hybridized carbons (Fsp3) is 0.533. The van der Waals surface area contributed by atoms with E-state index in [4.69, 9.17) is 0 Å². The van der Waals surface area contributed by atoms with Crippen molar-refractivity contribution in [3.63, 3.8) is 0 Å². The lowest BCUT2D eigenvalue weighted by molar-refractivity contribution is -0.132. The number of thioether (sulfide) groups is 1. The Morgan fingerprint density at radius 2 is 1.95 bits per heavy atom. The van der Waals surface area contributed by atoms with Crippen LogP contribution in [0.3, 0.4) is 0 Å². The van der Waals surface area contributed by atoms with E-state index in [-0.39, 0.29) is 18.1 Å². The zero-order valence-electron chi connectivity index (χ0n) is 11.9. The minimum Gasteiger partial charge on any atom is -0.508 e. The molecule has 0 bridgehead atoms. The topological polar surface area (TPSA) is 43.8 Å². The zero-order valence-corrected chi connectivity index (χ0v) is 12.7. The molecule has 1 N–H and O–H groups in total. The number of hydrogen-bond acceptors (Lipinski definition) is 4. The van der Waals surface area contributed by atoms with Gasteiger partial charge < -0.3 is 10.0 Å². The Kier molecular flexibility index (Phi) is 5.73. The molecule has 0 unspecified atom stereocenters. The smallest absolute Gasteiger partial charge is 0.227 e. The predicted octanol–water partition coefficient (Wildman–Crippen LogP) is 1.44. The first-order chi connectivity index (χ1) is 9.70. The van der Waals surface area contributed by atoms with Gasteiger partial charge in [0.2, 0.25) is 5.91 Å². The third kappa shape index (κ3) is 4.15. The number of para-hydroxylation sites is 1. The second-order valence-corrected chi connectivity index (χ2v) is 6.01. The maximum absolute atomic E-state index is 12.2. The number of carbonyl (C=O) groups is 1. The van der Waals surface area contributed by atoms with Crippen LogP contribution in [0.1, 0.15) is 5.56 Å². The van der Waals surface area contributed by atoms with E-state index >= 15 is 0 Å². The van der Waals surface area contributed by atoms with Gasteiger partial charge in [-0.2, -0.15) is 11.8 Å². The summed E-state index contributed by atoms with van der Waals surface area (Å²) in [6, 6.07) is 7.06. The van der Waals surface area contributed by atoms with Crippen molar-refractivity contribution in [2.45, 2.75) is 6.42 Å². The highest BCUT2D eigenvalue weighted by atomic mass is 32.2. The largest absolute Gasteiger partial charge is 0.508 e. The van der Waals surface area contributed by atoms with Crippen molar-refractivity contribution in [3.05, 3.63) is 29.8 Å². The molecule has 110 valence electrons. The molecule has 4 nitrogen and oxygen atoms in total. The third-order valence-corrected chi connectivity index (χ3v) is 4.26. The number of piperazine rings is 1. The maximum Gasteiger partial charge on any atom is 0.227 e. The number of benzene rings is 1. The van der Waals surface area contributed by atoms with Gasteiger partial charge in [0, 0.05) is 44.0 Å². The Hall–Kier alpha value is -1.20. The average molecular weight is 294 g/mol. The average Bonchev–Trinajstić information content (AvgIpc) is 2.48. The minimum atomic E-state index is 0.107. The van der Waals surface area contributed by atoms with Crippen molar-refractivity contribution < 1.29 is 9.90 Å². The molecule has 1 aromatic rings. The first kappa shape index (κ1) is 15.2. The summed E-state index contributed by atoms with van der Waals surface area (Å²) in [5.41, 5.74) is 0.710. The highest BCUT2D eigenvalue weighted by Crippen LogP contribution is 2.17. The van der Waals surface area contributed by atoms with E-state index in [2.05, 4.69) is 11.2 Å². The Bertz CT molecular complexity index is 445. The first-order valence-corrected chi connectivity index (χ1v) is 8.36. The van der Waals surface area contributed by atoms with Crippen molar-refractivity contribution in [1.82, 2.24) is 9.80 Å². The molecule has 1 amide bonds. The van der Waals surface area contributed by atoms with E-state index < -0.39 is 0 Å². The summed E-state index contributed by atoms with van der Waals surface area (Å²) in [7, 11) is 0. The monoisotopic (exact) mass is 294 g/mol. The third-order valence-electron chi connectivity index (χ3n) is 3.67. The van der Waals surface area contributed by atoms with Crippen LogP contribution in [0.25, 0.3) is 0 Å². The zero-order chi connectivity index (χ0) is 14.4. The van der Waals surface area contributed by atoms with Gasteiger partial charge in [-0.3, -0.25) is 9.69 Å². The van der Waals surface area contributed by atoms with Gasteiger partial charge >= 0.3 is 0 Å². The highest BCUT2D eigenvalue weighted by Gasteiger charge is 2.21. The van der Waals surface area contributed by atoms with Crippen LogP contribution in [-0.4, -0.2) is 65.5 Å². The summed E-state index contributed by atoms with van der Waals surface area (Å²) in [6.45, 7) is 4.59. The number of hydrogen-bond donors (Lipinski definition) is 1. The molecule has 0 saturated carbocycles. The van der Waals surface area contributed by atoms with E-state index in [1.54, 1.807) is 12.1 Å². The highest BCUT2D eigenvalue weighted by molar-refractivity contribution is 7.98. The van der Waals surface area contributed by atoms with Crippen LogP contribution in [-0.2, 0) is 11.2 Å². The molecular weight excluding hydrogens is 272 g/mol. The van der Waals surface area contributed by atoms with Crippen molar-refractivity contribution in [2.75, 3.05) is 44.7 Å². The lowest BCUT2D eigenvalue weighted by atomic mass is 10.1. The fourth-order valence-corrected chi connectivity index (χ4v) is 2.82. The van der Waals surface area contributed by atoms with Crippen molar-refractivity contribution >= 4 is 17.7 Å². The number of carbonyl (C=O) groups excluding carboxylic acids is 1. The number of nitrogens with zero attached hydrogens (tertiary/aromatic N) is 2. The van der Waals surface area contributed by atoms with Crippen LogP contribution in [0.5, 0.6) is 5.75 Å². The summed E-state index contributed by atoms with van der Waals surface area (Å²) in [6.07, 6.45) is 2.41. The van der Waals surface area contributed by atoms with Crippen LogP contribution in [0.4, 0.5) is 0 Å². The molecule has 1 aromatic carbocycles. The van der Waals surface area contributed by atoms with Gasteiger partial charge in [0.15, 0.2) is 0 Å². The molecule has 1 aliphatic rings. The number of phenols is 1. The minimum absolute atomic E-state index is 0.107. The van der Waals surface area contributed by atoms with Crippen LogP contribution in [0.2, 0.25) is 0 Å². The van der Waals surface area contributed by atoms with Gasteiger partial charge in [-0.15, -0.1) is 0 Å². The second-order valence-electron chi connectivity index (χ2n) is 5.02. The van der Waals surface area contributed by atoms with Gasteiger partial charge in [0.1, 0.15) is 5.75 Å². The summed E-state index contributed by atoms with van der Waals surface area (Å²) in [5.74, 6) is 1.46. The Morgan fingerprint density at radius 3 is 2.60 bits per heavy atom. The molecule has 5 heteroatoms. The summed E-state index contributed by atoms with van der Waals surface area (Å²) < 4.78 is 0. The number of phenolic OH excluding ortho intramolecular Hbond substituents is 1. The second kappa shape index (κ2) is 7.55. The van der Waals surface area contributed by atoms with Crippen LogP contribution in [0, 0.1) is 0 Å². The van der Waals surface area contributed by atoms with Crippen molar-refractivity contribution in [2.24, 2.45) is 0 Å². The number of amides is 1. The molecule has 1 saturated heterocycles. The summed E-state index contributed by atoms with van der Waals surface area (Å²) in [5, 5.41) is 9.72. The van der Waals surface area contributed by atoms with Crippen LogP contribution >= 0.6 is 11.8 Å². The number of aromatic hydroxyl groups is 1. The maximum atomic E-state index is 12.2. The van der Waals surface area contributed by atoms with Gasteiger partial charge in [0.25, 0.3) is 0 Å². The number of rotatable bonds is 5. The molecule has 2 rings (SSSR count). The molecule has 0 radical (unpaired) electrons. The van der Waals surface area contributed by atoms with E-state index in [0.29, 0.717) is 5.56 Å². The molecular formula is C15H22N2O2S. The van der Waals surface area contributed by atoms with Gasteiger partial charge in [-0.25, -0.2) is 0 Å². The molecule has 20 heavy (non-hydrogen) atoms. The molecule has 1 fully saturated rings. The van der Waals surface area contributed by atoms with E-state index in [0.717, 1.165) is 38.5 Å².